The molecular weight excluding hydrogens is 498 g/mol. The number of rotatable bonds is 7. The van der Waals surface area contributed by atoms with E-state index >= 15 is 0 Å². The van der Waals surface area contributed by atoms with Crippen LogP contribution in [0.25, 0.3) is 0 Å². The van der Waals surface area contributed by atoms with Crippen LogP contribution in [0.5, 0.6) is 5.75 Å². The van der Waals surface area contributed by atoms with E-state index in [9.17, 15) is 5.11 Å². The highest BCUT2D eigenvalue weighted by Crippen LogP contribution is 2.28. The van der Waals surface area contributed by atoms with E-state index in [1.54, 1.807) is 24.3 Å². The van der Waals surface area contributed by atoms with Gasteiger partial charge in [0.15, 0.2) is 0 Å². The number of aromatic hydroxyl groups is 1. The number of phenols is 1. The van der Waals surface area contributed by atoms with Gasteiger partial charge in [0, 0.05) is 31.7 Å². The zero-order valence-electron chi connectivity index (χ0n) is 20.0. The van der Waals surface area contributed by atoms with Crippen LogP contribution in [0.15, 0.2) is 57.8 Å². The lowest BCUT2D eigenvalue weighted by atomic mass is 10.2. The van der Waals surface area contributed by atoms with E-state index in [0.29, 0.717) is 92.4 Å². The van der Waals surface area contributed by atoms with Gasteiger partial charge in [0.25, 0.3) is 0 Å². The molecule has 0 aliphatic carbocycles. The summed E-state index contributed by atoms with van der Waals surface area (Å²) in [7, 11) is 0. The molecule has 13 heteroatoms. The Labute approximate surface area is 218 Å². The highest BCUT2D eigenvalue weighted by atomic mass is 35.5. The van der Waals surface area contributed by atoms with Crippen LogP contribution in [-0.2, 0) is 9.47 Å². The molecule has 1 aromatic heterocycles. The molecular formula is C24H26ClN9O3. The minimum absolute atomic E-state index is 0.0425. The number of aromatic nitrogens is 3. The van der Waals surface area contributed by atoms with Crippen LogP contribution >= 0.6 is 11.6 Å². The highest BCUT2D eigenvalue weighted by molar-refractivity contribution is 6.32. The van der Waals surface area contributed by atoms with Crippen molar-refractivity contribution in [3.8, 4) is 5.75 Å². The molecule has 0 saturated carbocycles. The van der Waals surface area contributed by atoms with Crippen molar-refractivity contribution in [2.45, 2.75) is 0 Å². The van der Waals surface area contributed by atoms with E-state index in [2.05, 4.69) is 45.5 Å². The van der Waals surface area contributed by atoms with Gasteiger partial charge in [0.1, 0.15) is 11.4 Å². The van der Waals surface area contributed by atoms with E-state index in [-0.39, 0.29) is 5.75 Å². The van der Waals surface area contributed by atoms with Crippen molar-refractivity contribution in [3.63, 3.8) is 0 Å². The van der Waals surface area contributed by atoms with Crippen molar-refractivity contribution in [3.05, 3.63) is 53.1 Å². The van der Waals surface area contributed by atoms with Gasteiger partial charge in [0.2, 0.25) is 17.8 Å². The number of halogens is 1. The monoisotopic (exact) mass is 523 g/mol. The number of hydrogen-bond donors (Lipinski definition) is 2. The Morgan fingerprint density at radius 2 is 1.51 bits per heavy atom. The SMILES string of the molecule is Oc1ccc(N=Nc2ccccc2Cl)cc1/C=N\Nc1nc(N2CCOCC2)nc(N2CCOCC2)n1. The number of nitrogens with one attached hydrogen (secondary N) is 1. The van der Waals surface area contributed by atoms with Crippen LogP contribution in [0, 0.1) is 0 Å². The number of morpholine rings is 2. The number of hydrogen-bond acceptors (Lipinski definition) is 12. The summed E-state index contributed by atoms with van der Waals surface area (Å²) in [5.74, 6) is 1.45. The lowest BCUT2D eigenvalue weighted by molar-refractivity contribution is 0.121. The number of benzene rings is 2. The Morgan fingerprint density at radius 3 is 2.16 bits per heavy atom. The van der Waals surface area contributed by atoms with E-state index in [0.717, 1.165) is 0 Å². The summed E-state index contributed by atoms with van der Waals surface area (Å²) in [5, 5.41) is 23.4. The zero-order valence-corrected chi connectivity index (χ0v) is 20.8. The second kappa shape index (κ2) is 11.9. The molecule has 12 nitrogen and oxygen atoms in total. The predicted molar refractivity (Wildman–Crippen MR) is 141 cm³/mol. The minimum atomic E-state index is 0.0425. The highest BCUT2D eigenvalue weighted by Gasteiger charge is 2.20. The summed E-state index contributed by atoms with van der Waals surface area (Å²) in [6.45, 7) is 5.23. The quantitative estimate of drug-likeness (QED) is 0.269. The van der Waals surface area contributed by atoms with Crippen molar-refractivity contribution in [1.82, 2.24) is 15.0 Å². The van der Waals surface area contributed by atoms with Gasteiger partial charge in [-0.1, -0.05) is 23.7 Å². The average molecular weight is 524 g/mol. The van der Waals surface area contributed by atoms with E-state index in [1.165, 1.54) is 12.3 Å². The standard InChI is InChI=1S/C24H26ClN9O3/c25-19-3-1-2-4-20(19)31-30-18-5-6-21(35)17(15-18)16-26-32-22-27-23(33-7-11-36-12-8-33)29-24(28-22)34-9-13-37-14-10-34/h1-6,15-16,35H,7-14H2,(H,27,28,29,32)/b26-16-,31-30?. The first-order valence-electron chi connectivity index (χ1n) is 11.9. The van der Waals surface area contributed by atoms with E-state index in [4.69, 9.17) is 21.1 Å². The third-order valence-corrected chi connectivity index (χ3v) is 6.02. The maximum atomic E-state index is 10.3. The van der Waals surface area contributed by atoms with Crippen LogP contribution in [-0.4, -0.2) is 78.9 Å². The molecule has 192 valence electrons. The number of anilines is 3. The molecule has 0 atom stereocenters. The molecule has 5 rings (SSSR count). The fourth-order valence-corrected chi connectivity index (χ4v) is 3.90. The Hall–Kier alpha value is -3.87. The Bertz CT molecular complexity index is 1240. The smallest absolute Gasteiger partial charge is 0.250 e. The van der Waals surface area contributed by atoms with Crippen LogP contribution in [0.1, 0.15) is 5.56 Å². The van der Waals surface area contributed by atoms with Gasteiger partial charge in [-0.3, -0.25) is 0 Å². The number of azo groups is 1. The van der Waals surface area contributed by atoms with Gasteiger partial charge in [-0.2, -0.15) is 25.2 Å². The third-order valence-electron chi connectivity index (χ3n) is 5.70. The Kier molecular flexibility index (Phi) is 7.99. The Balaban J connectivity index is 1.34. The predicted octanol–water partition coefficient (Wildman–Crippen LogP) is 3.77. The third kappa shape index (κ3) is 6.47. The Morgan fingerprint density at radius 1 is 0.865 bits per heavy atom. The van der Waals surface area contributed by atoms with Crippen molar-refractivity contribution in [2.75, 3.05) is 67.8 Å². The largest absolute Gasteiger partial charge is 0.507 e. The summed E-state index contributed by atoms with van der Waals surface area (Å²) >= 11 is 6.14. The summed E-state index contributed by atoms with van der Waals surface area (Å²) < 4.78 is 10.9. The number of hydrazone groups is 1. The van der Waals surface area contributed by atoms with E-state index < -0.39 is 0 Å². The molecule has 0 bridgehead atoms. The number of ether oxygens (including phenoxy) is 2. The fraction of sp³-hybridized carbons (Fsp3) is 0.333. The topological polar surface area (TPSA) is 133 Å². The maximum Gasteiger partial charge on any atom is 0.250 e. The van der Waals surface area contributed by atoms with Gasteiger partial charge in [-0.25, -0.2) is 5.43 Å². The maximum absolute atomic E-state index is 10.3. The first kappa shape index (κ1) is 24.8. The van der Waals surface area contributed by atoms with Crippen LogP contribution in [0.3, 0.4) is 0 Å². The second-order valence-corrected chi connectivity index (χ2v) is 8.63. The van der Waals surface area contributed by atoms with Gasteiger partial charge < -0.3 is 24.4 Å². The molecule has 3 heterocycles. The molecule has 2 fully saturated rings. The normalized spacial score (nSPS) is 16.6. The second-order valence-electron chi connectivity index (χ2n) is 8.22. The summed E-state index contributed by atoms with van der Waals surface area (Å²) in [6.07, 6.45) is 1.47. The van der Waals surface area contributed by atoms with Crippen molar-refractivity contribution in [1.29, 1.82) is 0 Å². The van der Waals surface area contributed by atoms with Crippen molar-refractivity contribution < 1.29 is 14.6 Å². The van der Waals surface area contributed by atoms with Crippen LogP contribution in [0.4, 0.5) is 29.2 Å². The molecule has 3 aromatic rings. The molecule has 2 aliphatic rings. The fourth-order valence-electron chi connectivity index (χ4n) is 3.72. The molecule has 2 aliphatic heterocycles. The van der Waals surface area contributed by atoms with Gasteiger partial charge in [-0.05, 0) is 30.3 Å². The molecule has 2 N–H and O–H groups in total. The minimum Gasteiger partial charge on any atom is -0.507 e. The molecule has 0 radical (unpaired) electrons. The summed E-state index contributed by atoms with van der Waals surface area (Å²) in [4.78, 5) is 17.9. The number of nitrogens with zero attached hydrogens (tertiary/aromatic N) is 8. The summed E-state index contributed by atoms with van der Waals surface area (Å²) in [6, 6.07) is 12.0. The van der Waals surface area contributed by atoms with Gasteiger partial charge in [0.05, 0.1) is 43.4 Å². The zero-order chi connectivity index (χ0) is 25.5. The first-order chi connectivity index (χ1) is 18.2. The molecule has 2 aromatic carbocycles. The van der Waals surface area contributed by atoms with E-state index in [1.807, 2.05) is 12.1 Å². The molecule has 0 unspecified atom stereocenters. The molecule has 2 saturated heterocycles. The average Bonchev–Trinajstić information content (AvgIpc) is 2.95. The van der Waals surface area contributed by atoms with Gasteiger partial charge >= 0.3 is 0 Å². The molecule has 0 spiro atoms. The van der Waals surface area contributed by atoms with Crippen LogP contribution in [0.2, 0.25) is 5.02 Å². The molecule has 37 heavy (non-hydrogen) atoms. The van der Waals surface area contributed by atoms with Gasteiger partial charge in [-0.15, -0.1) is 5.11 Å². The van der Waals surface area contributed by atoms with Crippen molar-refractivity contribution >= 4 is 47.0 Å². The van der Waals surface area contributed by atoms with Crippen molar-refractivity contribution in [2.24, 2.45) is 15.3 Å². The summed E-state index contributed by atoms with van der Waals surface area (Å²) in [5.41, 5.74) is 4.40. The number of phenolic OH excluding ortho intramolecular Hbond substituents is 1. The first-order valence-corrected chi connectivity index (χ1v) is 12.2. The molecule has 0 amide bonds. The lowest BCUT2D eigenvalue weighted by Gasteiger charge is -2.30. The van der Waals surface area contributed by atoms with Crippen LogP contribution < -0.4 is 15.2 Å². The lowest BCUT2D eigenvalue weighted by Crippen LogP contribution is -2.40.